The first kappa shape index (κ1) is 14.7. The third-order valence-corrected chi connectivity index (χ3v) is 5.27. The van der Waals surface area contributed by atoms with Crippen LogP contribution >= 0.6 is 0 Å². The fourth-order valence-corrected chi connectivity index (χ4v) is 3.47. The predicted octanol–water partition coefficient (Wildman–Crippen LogP) is 2.28. The van der Waals surface area contributed by atoms with Crippen LogP contribution in [0, 0.1) is 0 Å². The average Bonchev–Trinajstić information content (AvgIpc) is 2.86. The number of hydrogen-bond acceptors (Lipinski definition) is 3. The van der Waals surface area contributed by atoms with E-state index in [1.54, 1.807) is 6.07 Å². The van der Waals surface area contributed by atoms with Gasteiger partial charge in [-0.15, -0.1) is 0 Å². The molecule has 22 heavy (non-hydrogen) atoms. The van der Waals surface area contributed by atoms with Gasteiger partial charge in [-0.2, -0.15) is 12.7 Å². The largest absolute Gasteiger partial charge is 0.309 e. The maximum atomic E-state index is 12.7. The number of nitrogens with zero attached hydrogens (tertiary/aromatic N) is 3. The molecule has 0 unspecified atom stereocenters. The molecule has 5 nitrogen and oxygen atoms in total. The van der Waals surface area contributed by atoms with Crippen molar-refractivity contribution in [2.75, 3.05) is 14.1 Å². The molecule has 0 saturated carbocycles. The van der Waals surface area contributed by atoms with Crippen molar-refractivity contribution in [2.24, 2.45) is 0 Å². The lowest BCUT2D eigenvalue weighted by molar-refractivity contribution is 0.510. The van der Waals surface area contributed by atoms with Gasteiger partial charge in [0.15, 0.2) is 0 Å². The van der Waals surface area contributed by atoms with E-state index in [0.717, 1.165) is 5.56 Å². The molecule has 0 spiro atoms. The van der Waals surface area contributed by atoms with Gasteiger partial charge >= 0.3 is 10.2 Å². The standard InChI is InChI=1S/C16H17N3O2S/c1-18(2)22(20,21)19-15-11-7-6-10-14(15)17-16(19)12-13-8-4-3-5-9-13/h3-11H,12H2,1-2H3. The second-order valence-corrected chi connectivity index (χ2v) is 7.22. The van der Waals surface area contributed by atoms with Gasteiger partial charge in [-0.3, -0.25) is 0 Å². The van der Waals surface area contributed by atoms with Crippen molar-refractivity contribution in [3.05, 3.63) is 66.0 Å². The van der Waals surface area contributed by atoms with Crippen molar-refractivity contribution >= 4 is 21.2 Å². The van der Waals surface area contributed by atoms with E-state index in [0.29, 0.717) is 23.3 Å². The van der Waals surface area contributed by atoms with Crippen LogP contribution in [0.15, 0.2) is 54.6 Å². The first-order valence-corrected chi connectivity index (χ1v) is 8.33. The molecule has 0 aliphatic heterocycles. The molecule has 0 saturated heterocycles. The minimum Gasteiger partial charge on any atom is -0.232 e. The monoisotopic (exact) mass is 315 g/mol. The summed E-state index contributed by atoms with van der Waals surface area (Å²) in [6.07, 6.45) is 0.461. The molecule has 0 amide bonds. The van der Waals surface area contributed by atoms with Crippen LogP contribution in [0.3, 0.4) is 0 Å². The molecule has 1 heterocycles. The highest BCUT2D eigenvalue weighted by molar-refractivity contribution is 7.87. The van der Waals surface area contributed by atoms with Gasteiger partial charge in [0.1, 0.15) is 5.82 Å². The molecule has 3 rings (SSSR count). The SMILES string of the molecule is CN(C)S(=O)(=O)n1c(Cc2ccccc2)nc2ccccc21. The van der Waals surface area contributed by atoms with Gasteiger partial charge < -0.3 is 0 Å². The van der Waals surface area contributed by atoms with Crippen LogP contribution < -0.4 is 0 Å². The summed E-state index contributed by atoms with van der Waals surface area (Å²) >= 11 is 0. The molecule has 3 aromatic rings. The Morgan fingerprint density at radius 3 is 2.32 bits per heavy atom. The van der Waals surface area contributed by atoms with Crippen molar-refractivity contribution in [2.45, 2.75) is 6.42 Å². The molecule has 0 N–H and O–H groups in total. The minimum atomic E-state index is -3.62. The number of rotatable bonds is 4. The fourth-order valence-electron chi connectivity index (χ4n) is 2.36. The van der Waals surface area contributed by atoms with Crippen molar-refractivity contribution < 1.29 is 8.42 Å². The van der Waals surface area contributed by atoms with E-state index in [4.69, 9.17) is 0 Å². The average molecular weight is 315 g/mol. The number of aromatic nitrogens is 2. The highest BCUT2D eigenvalue weighted by Crippen LogP contribution is 2.21. The van der Waals surface area contributed by atoms with E-state index in [9.17, 15) is 8.42 Å². The molecule has 2 aromatic carbocycles. The summed E-state index contributed by atoms with van der Waals surface area (Å²) in [6.45, 7) is 0. The van der Waals surface area contributed by atoms with Gasteiger partial charge in [-0.25, -0.2) is 8.96 Å². The van der Waals surface area contributed by atoms with Crippen LogP contribution in [-0.2, 0) is 16.6 Å². The lowest BCUT2D eigenvalue weighted by Gasteiger charge is -2.15. The highest BCUT2D eigenvalue weighted by atomic mass is 32.2. The number of benzene rings is 2. The van der Waals surface area contributed by atoms with Crippen molar-refractivity contribution in [3.63, 3.8) is 0 Å². The molecular weight excluding hydrogens is 298 g/mol. The number of hydrogen-bond donors (Lipinski definition) is 0. The Morgan fingerprint density at radius 1 is 1.00 bits per heavy atom. The van der Waals surface area contributed by atoms with Crippen LogP contribution in [0.1, 0.15) is 11.4 Å². The minimum absolute atomic E-state index is 0.461. The Bertz CT molecular complexity index is 900. The molecule has 0 fully saturated rings. The quantitative estimate of drug-likeness (QED) is 0.742. The highest BCUT2D eigenvalue weighted by Gasteiger charge is 2.24. The molecule has 6 heteroatoms. The summed E-state index contributed by atoms with van der Waals surface area (Å²) in [5.74, 6) is 0.515. The third kappa shape index (κ3) is 2.51. The van der Waals surface area contributed by atoms with Crippen molar-refractivity contribution in [3.8, 4) is 0 Å². The molecule has 114 valence electrons. The molecule has 0 radical (unpaired) electrons. The Balaban J connectivity index is 2.22. The van der Waals surface area contributed by atoms with Crippen LogP contribution in [-0.4, -0.2) is 35.8 Å². The van der Waals surface area contributed by atoms with Crippen LogP contribution in [0.2, 0.25) is 0 Å². The molecular formula is C16H17N3O2S. The van der Waals surface area contributed by atoms with E-state index < -0.39 is 10.2 Å². The van der Waals surface area contributed by atoms with Gasteiger partial charge in [0.05, 0.1) is 11.0 Å². The summed E-state index contributed by atoms with van der Waals surface area (Å²) in [5.41, 5.74) is 2.30. The van der Waals surface area contributed by atoms with Crippen molar-refractivity contribution in [1.82, 2.24) is 13.3 Å². The topological polar surface area (TPSA) is 55.2 Å². The van der Waals surface area contributed by atoms with Gasteiger partial charge in [0.2, 0.25) is 0 Å². The van der Waals surface area contributed by atoms with Gasteiger partial charge in [-0.1, -0.05) is 42.5 Å². The second kappa shape index (κ2) is 5.55. The third-order valence-electron chi connectivity index (χ3n) is 3.48. The molecule has 1 aromatic heterocycles. The van der Waals surface area contributed by atoms with Crippen molar-refractivity contribution in [1.29, 1.82) is 0 Å². The zero-order valence-electron chi connectivity index (χ0n) is 12.5. The summed E-state index contributed by atoms with van der Waals surface area (Å²) in [5, 5.41) is 0. The maximum Gasteiger partial charge on any atom is 0.309 e. The molecule has 0 bridgehead atoms. The predicted molar refractivity (Wildman–Crippen MR) is 87.0 cm³/mol. The number of fused-ring (bicyclic) bond motifs is 1. The van der Waals surface area contributed by atoms with E-state index >= 15 is 0 Å². The summed E-state index contributed by atoms with van der Waals surface area (Å²) < 4.78 is 27.9. The summed E-state index contributed by atoms with van der Waals surface area (Å²) in [6, 6.07) is 17.0. The van der Waals surface area contributed by atoms with Crippen LogP contribution in [0.25, 0.3) is 11.0 Å². The van der Waals surface area contributed by atoms with Gasteiger partial charge in [0.25, 0.3) is 0 Å². The van der Waals surface area contributed by atoms with E-state index in [-0.39, 0.29) is 0 Å². The molecule has 0 aliphatic carbocycles. The fraction of sp³-hybridized carbons (Fsp3) is 0.188. The number of imidazole rings is 1. The zero-order valence-corrected chi connectivity index (χ0v) is 13.3. The maximum absolute atomic E-state index is 12.7. The number of para-hydroxylation sites is 2. The van der Waals surface area contributed by atoms with Crippen LogP contribution in [0.4, 0.5) is 0 Å². The smallest absolute Gasteiger partial charge is 0.232 e. The summed E-state index contributed by atoms with van der Waals surface area (Å²) in [7, 11) is -0.575. The van der Waals surface area contributed by atoms with E-state index in [2.05, 4.69) is 4.98 Å². The zero-order chi connectivity index (χ0) is 15.7. The Morgan fingerprint density at radius 2 is 1.64 bits per heavy atom. The lowest BCUT2D eigenvalue weighted by atomic mass is 10.1. The molecule has 0 aliphatic rings. The summed E-state index contributed by atoms with van der Waals surface area (Å²) in [4.78, 5) is 4.51. The van der Waals surface area contributed by atoms with E-state index in [1.165, 1.54) is 22.4 Å². The Labute approximate surface area is 130 Å². The van der Waals surface area contributed by atoms with E-state index in [1.807, 2.05) is 48.5 Å². The van der Waals surface area contributed by atoms with Gasteiger partial charge in [-0.05, 0) is 17.7 Å². The van der Waals surface area contributed by atoms with Gasteiger partial charge in [0, 0.05) is 20.5 Å². The first-order valence-electron chi connectivity index (χ1n) is 6.93. The lowest BCUT2D eigenvalue weighted by Crippen LogP contribution is -2.30. The Kier molecular flexibility index (Phi) is 3.72. The first-order chi connectivity index (χ1) is 10.5. The Hall–Kier alpha value is -2.18. The normalized spacial score (nSPS) is 12.1. The second-order valence-electron chi connectivity index (χ2n) is 5.23. The van der Waals surface area contributed by atoms with Crippen LogP contribution in [0.5, 0.6) is 0 Å². The molecule has 0 atom stereocenters.